The maximum Gasteiger partial charge on any atom is 0.258 e. The van der Waals surface area contributed by atoms with Crippen LogP contribution in [-0.4, -0.2) is 22.6 Å². The lowest BCUT2D eigenvalue weighted by Gasteiger charge is -2.09. The summed E-state index contributed by atoms with van der Waals surface area (Å²) >= 11 is 2.94. The number of aromatic nitrogens is 1. The summed E-state index contributed by atoms with van der Waals surface area (Å²) in [5.74, 6) is -0.0670. The Morgan fingerprint density at radius 3 is 2.61 bits per heavy atom. The van der Waals surface area contributed by atoms with Gasteiger partial charge in [-0.25, -0.2) is 4.98 Å². The molecule has 1 heterocycles. The number of hydrogen-bond donors (Lipinski definition) is 2. The van der Waals surface area contributed by atoms with Crippen LogP contribution in [0.4, 0.5) is 10.8 Å². The molecule has 5 nitrogen and oxygen atoms in total. The first kappa shape index (κ1) is 21.6. The van der Waals surface area contributed by atoms with Crippen LogP contribution in [-0.2, 0) is 17.6 Å². The summed E-state index contributed by atoms with van der Waals surface area (Å²) in [4.78, 5) is 32.0. The smallest absolute Gasteiger partial charge is 0.258 e. The zero-order valence-electron chi connectivity index (χ0n) is 17.4. The fourth-order valence-electron chi connectivity index (χ4n) is 3.50. The Hall–Kier alpha value is -2.64. The quantitative estimate of drug-likeness (QED) is 0.372. The van der Waals surface area contributed by atoms with Crippen molar-refractivity contribution in [2.45, 2.75) is 43.9 Å². The summed E-state index contributed by atoms with van der Waals surface area (Å²) in [5.41, 5.74) is 3.60. The third-order valence-corrected chi connectivity index (χ3v) is 7.29. The monoisotopic (exact) mass is 451 g/mol. The number of nitrogens with one attached hydrogen (secondary N) is 2. The molecule has 7 heteroatoms. The molecule has 0 spiro atoms. The molecule has 2 N–H and O–H groups in total. The molecule has 0 saturated heterocycles. The fourth-order valence-corrected chi connectivity index (χ4v) is 5.40. The molecule has 31 heavy (non-hydrogen) atoms. The maximum atomic E-state index is 12.9. The van der Waals surface area contributed by atoms with Gasteiger partial charge in [-0.05, 0) is 56.9 Å². The van der Waals surface area contributed by atoms with E-state index in [0.717, 1.165) is 41.1 Å². The number of benzene rings is 2. The van der Waals surface area contributed by atoms with E-state index in [-0.39, 0.29) is 17.6 Å². The molecule has 0 atom stereocenters. The number of fused-ring (bicyclic) bond motifs is 1. The van der Waals surface area contributed by atoms with Gasteiger partial charge in [0.05, 0.1) is 17.0 Å². The number of carbonyl (C=O) groups is 2. The van der Waals surface area contributed by atoms with Crippen molar-refractivity contribution < 1.29 is 9.59 Å². The molecule has 0 bridgehead atoms. The molecule has 0 radical (unpaired) electrons. The third kappa shape index (κ3) is 5.74. The van der Waals surface area contributed by atoms with Crippen LogP contribution in [0.1, 0.15) is 45.8 Å². The van der Waals surface area contributed by atoms with Gasteiger partial charge in [0, 0.05) is 15.5 Å². The van der Waals surface area contributed by atoms with Crippen molar-refractivity contribution in [3.63, 3.8) is 0 Å². The highest BCUT2D eigenvalue weighted by molar-refractivity contribution is 8.00. The molecule has 4 rings (SSSR count). The molecule has 0 saturated carbocycles. The largest absolute Gasteiger partial charge is 0.325 e. The molecule has 2 aromatic carbocycles. The molecule has 0 fully saturated rings. The van der Waals surface area contributed by atoms with Crippen LogP contribution in [0.3, 0.4) is 0 Å². The third-order valence-electron chi connectivity index (χ3n) is 5.14. The van der Waals surface area contributed by atoms with Gasteiger partial charge < -0.3 is 5.32 Å². The van der Waals surface area contributed by atoms with Crippen molar-refractivity contribution in [1.82, 2.24) is 4.98 Å². The van der Waals surface area contributed by atoms with Crippen molar-refractivity contribution in [3.05, 3.63) is 70.2 Å². The minimum absolute atomic E-state index is 0.104. The minimum atomic E-state index is -0.189. The highest BCUT2D eigenvalue weighted by Gasteiger charge is 2.18. The van der Waals surface area contributed by atoms with Crippen molar-refractivity contribution >= 4 is 45.7 Å². The summed E-state index contributed by atoms with van der Waals surface area (Å²) in [7, 11) is 0. The Balaban J connectivity index is 1.39. The first-order valence-electron chi connectivity index (χ1n) is 10.5. The van der Waals surface area contributed by atoms with Gasteiger partial charge in [-0.2, -0.15) is 0 Å². The first-order valence-corrected chi connectivity index (χ1v) is 12.3. The lowest BCUT2D eigenvalue weighted by molar-refractivity contribution is -0.113. The number of thiazole rings is 1. The van der Waals surface area contributed by atoms with Crippen LogP contribution in [0.15, 0.2) is 53.4 Å². The highest BCUT2D eigenvalue weighted by Crippen LogP contribution is 2.30. The van der Waals surface area contributed by atoms with Crippen molar-refractivity contribution in [2.24, 2.45) is 0 Å². The number of amides is 2. The topological polar surface area (TPSA) is 71.1 Å². The van der Waals surface area contributed by atoms with Gasteiger partial charge in [0.15, 0.2) is 5.13 Å². The number of thioether (sulfide) groups is 1. The summed E-state index contributed by atoms with van der Waals surface area (Å²) in [6, 6.07) is 15.1. The first-order chi connectivity index (χ1) is 15.1. The second kappa shape index (κ2) is 10.1. The van der Waals surface area contributed by atoms with E-state index in [0.29, 0.717) is 10.7 Å². The predicted octanol–water partition coefficient (Wildman–Crippen LogP) is 5.70. The number of hydrogen-bond acceptors (Lipinski definition) is 5. The van der Waals surface area contributed by atoms with Gasteiger partial charge >= 0.3 is 0 Å². The lowest BCUT2D eigenvalue weighted by atomic mass is 10.2. The van der Waals surface area contributed by atoms with Crippen LogP contribution in [0.2, 0.25) is 0 Å². The molecular formula is C24H25N3O2S2. The molecule has 0 aliphatic heterocycles. The molecule has 2 amide bonds. The summed E-state index contributed by atoms with van der Waals surface area (Å²) in [6.07, 6.45) is 5.63. The van der Waals surface area contributed by atoms with Crippen LogP contribution in [0, 0.1) is 6.92 Å². The van der Waals surface area contributed by atoms with Crippen LogP contribution < -0.4 is 10.6 Å². The molecular weight excluding hydrogens is 426 g/mol. The Labute approximate surface area is 190 Å². The molecule has 160 valence electrons. The van der Waals surface area contributed by atoms with Crippen LogP contribution >= 0.6 is 23.1 Å². The maximum absolute atomic E-state index is 12.9. The Kier molecular flexibility index (Phi) is 7.04. The van der Waals surface area contributed by atoms with E-state index >= 15 is 0 Å². The Morgan fingerprint density at radius 2 is 1.77 bits per heavy atom. The van der Waals surface area contributed by atoms with E-state index in [2.05, 4.69) is 15.6 Å². The molecule has 3 aromatic rings. The summed E-state index contributed by atoms with van der Waals surface area (Å²) in [5, 5.41) is 6.52. The lowest BCUT2D eigenvalue weighted by Crippen LogP contribution is -2.15. The number of anilines is 2. The normalized spacial score (nSPS) is 13.2. The van der Waals surface area contributed by atoms with Crippen molar-refractivity contribution in [3.8, 4) is 0 Å². The molecule has 1 aliphatic carbocycles. The van der Waals surface area contributed by atoms with E-state index in [1.54, 1.807) is 17.4 Å². The number of aryl methyl sites for hydroxylation is 3. The highest BCUT2D eigenvalue weighted by atomic mass is 32.2. The van der Waals surface area contributed by atoms with Crippen molar-refractivity contribution in [1.29, 1.82) is 0 Å². The Morgan fingerprint density at radius 1 is 1.00 bits per heavy atom. The van der Waals surface area contributed by atoms with Gasteiger partial charge in [0.2, 0.25) is 5.91 Å². The number of rotatable bonds is 6. The van der Waals surface area contributed by atoms with E-state index < -0.39 is 0 Å². The van der Waals surface area contributed by atoms with Crippen LogP contribution in [0.25, 0.3) is 0 Å². The van der Waals surface area contributed by atoms with Gasteiger partial charge in [-0.3, -0.25) is 14.9 Å². The Bertz CT molecular complexity index is 1050. The molecule has 1 aromatic heterocycles. The predicted molar refractivity (Wildman–Crippen MR) is 128 cm³/mol. The zero-order chi connectivity index (χ0) is 21.6. The molecule has 1 aliphatic rings. The number of carbonyl (C=O) groups excluding carboxylic acids is 2. The fraction of sp³-hybridized carbons (Fsp3) is 0.292. The van der Waals surface area contributed by atoms with Gasteiger partial charge in [0.1, 0.15) is 0 Å². The second-order valence-corrected chi connectivity index (χ2v) is 9.70. The van der Waals surface area contributed by atoms with Crippen molar-refractivity contribution in [2.75, 3.05) is 16.4 Å². The summed E-state index contributed by atoms with van der Waals surface area (Å²) in [6.45, 7) is 2.01. The zero-order valence-corrected chi connectivity index (χ0v) is 19.1. The van der Waals surface area contributed by atoms with E-state index in [4.69, 9.17) is 0 Å². The van der Waals surface area contributed by atoms with Gasteiger partial charge in [-0.15, -0.1) is 23.1 Å². The average Bonchev–Trinajstić information content (AvgIpc) is 3.01. The van der Waals surface area contributed by atoms with E-state index in [9.17, 15) is 9.59 Å². The second-order valence-electron chi connectivity index (χ2n) is 7.60. The standard InChI is InChI=1S/C24H25N3O2S2/c1-16-11-13-17(14-12-16)25-22(28)15-30-20-9-6-5-7-18(20)23(29)27-24-26-19-8-3-2-4-10-21(19)31-24/h5-7,9,11-14H,2-4,8,10,15H2,1H3,(H,25,28)(H,26,27,29). The van der Waals surface area contributed by atoms with Gasteiger partial charge in [-0.1, -0.05) is 36.2 Å². The van der Waals surface area contributed by atoms with E-state index in [1.165, 1.54) is 29.5 Å². The van der Waals surface area contributed by atoms with Crippen LogP contribution in [0.5, 0.6) is 0 Å². The summed E-state index contributed by atoms with van der Waals surface area (Å²) < 4.78 is 0. The number of nitrogens with zero attached hydrogens (tertiary/aromatic N) is 1. The SMILES string of the molecule is Cc1ccc(NC(=O)CSc2ccccc2C(=O)Nc2nc3c(s2)CCCCC3)cc1. The van der Waals surface area contributed by atoms with Gasteiger partial charge in [0.25, 0.3) is 5.91 Å². The molecule has 0 unspecified atom stereocenters. The average molecular weight is 452 g/mol. The minimum Gasteiger partial charge on any atom is -0.325 e. The van der Waals surface area contributed by atoms with E-state index in [1.807, 2.05) is 49.4 Å².